The third-order valence-electron chi connectivity index (χ3n) is 0.354. The van der Waals surface area contributed by atoms with Gasteiger partial charge < -0.3 is 0 Å². The van der Waals surface area contributed by atoms with E-state index in [1.54, 1.807) is 0 Å². The predicted molar refractivity (Wildman–Crippen MR) is 32.0 cm³/mol. The summed E-state index contributed by atoms with van der Waals surface area (Å²) in [6, 6.07) is 0. The Kier molecular flexibility index (Phi) is 16.3. The fourth-order valence-electron chi connectivity index (χ4n) is 0. The Hall–Kier alpha value is 0.720. The standard InChI is InChI=1S/C3H9P.ClH/c1-3-4-2;/h4H,3H2,1-2H3;1H. The van der Waals surface area contributed by atoms with E-state index in [0.29, 0.717) is 0 Å². The second-order valence-corrected chi connectivity index (χ2v) is 2.12. The zero-order chi connectivity index (χ0) is 3.41. The molecular weight excluding hydrogens is 102 g/mol. The van der Waals surface area contributed by atoms with E-state index in [1.807, 2.05) is 0 Å². The van der Waals surface area contributed by atoms with Gasteiger partial charge in [-0.3, -0.25) is 0 Å². The van der Waals surface area contributed by atoms with E-state index in [0.717, 1.165) is 8.58 Å². The van der Waals surface area contributed by atoms with Gasteiger partial charge in [0.1, 0.15) is 0 Å². The van der Waals surface area contributed by atoms with Crippen molar-refractivity contribution in [2.45, 2.75) is 6.92 Å². The Morgan fingerprint density at radius 2 is 1.80 bits per heavy atom. The molecule has 0 N–H and O–H groups in total. The minimum Gasteiger partial charge on any atom is -0.147 e. The molecule has 0 aromatic rings. The van der Waals surface area contributed by atoms with Crippen molar-refractivity contribution in [2.24, 2.45) is 0 Å². The fourth-order valence-corrected chi connectivity index (χ4v) is 0. The number of hydrogen-bond donors (Lipinski definition) is 0. The lowest BCUT2D eigenvalue weighted by molar-refractivity contribution is 1.52. The summed E-state index contributed by atoms with van der Waals surface area (Å²) in [7, 11) is 1.14. The highest BCUT2D eigenvalue weighted by molar-refractivity contribution is 7.36. The molecule has 0 bridgehead atoms. The Balaban J connectivity index is 0. The normalized spacial score (nSPS) is 8.40. The summed E-state index contributed by atoms with van der Waals surface area (Å²) in [5, 5.41) is 0. The first-order chi connectivity index (χ1) is 1.91. The van der Waals surface area contributed by atoms with E-state index >= 15 is 0 Å². The molecule has 0 radical (unpaired) electrons. The van der Waals surface area contributed by atoms with Crippen molar-refractivity contribution in [1.29, 1.82) is 0 Å². The van der Waals surface area contributed by atoms with Gasteiger partial charge in [-0.2, -0.15) is 0 Å². The number of halogens is 1. The van der Waals surface area contributed by atoms with Gasteiger partial charge in [0.2, 0.25) is 0 Å². The minimum atomic E-state index is 0. The summed E-state index contributed by atoms with van der Waals surface area (Å²) in [6.07, 6.45) is 1.35. The summed E-state index contributed by atoms with van der Waals surface area (Å²) in [4.78, 5) is 0. The average molecular weight is 113 g/mol. The van der Waals surface area contributed by atoms with E-state index < -0.39 is 0 Å². The molecule has 1 atom stereocenters. The first-order valence-electron chi connectivity index (χ1n) is 1.56. The molecule has 1 unspecified atom stereocenters. The van der Waals surface area contributed by atoms with E-state index in [1.165, 1.54) is 6.16 Å². The Labute approximate surface area is 41.5 Å². The van der Waals surface area contributed by atoms with Gasteiger partial charge in [0.25, 0.3) is 0 Å². The van der Waals surface area contributed by atoms with Crippen molar-refractivity contribution in [3.05, 3.63) is 0 Å². The van der Waals surface area contributed by atoms with Gasteiger partial charge >= 0.3 is 0 Å². The third-order valence-corrected chi connectivity index (χ3v) is 1.06. The molecule has 0 aliphatic carbocycles. The molecule has 0 aromatic carbocycles. The zero-order valence-electron chi connectivity index (χ0n) is 3.62. The Morgan fingerprint density at radius 3 is 1.80 bits per heavy atom. The maximum atomic E-state index is 2.21. The maximum Gasteiger partial charge on any atom is -0.0385 e. The van der Waals surface area contributed by atoms with Crippen LogP contribution in [0.1, 0.15) is 6.92 Å². The molecule has 2 heteroatoms. The van der Waals surface area contributed by atoms with Crippen LogP contribution in [0, 0.1) is 0 Å². The highest BCUT2D eigenvalue weighted by Crippen LogP contribution is 1.95. The Bertz CT molecular complexity index is 8.85. The topological polar surface area (TPSA) is 0 Å². The number of hydrogen-bond acceptors (Lipinski definition) is 0. The lowest BCUT2D eigenvalue weighted by atomic mass is 11.0. The second-order valence-electron chi connectivity index (χ2n) is 0.707. The molecule has 0 fully saturated rings. The van der Waals surface area contributed by atoms with Gasteiger partial charge in [0.05, 0.1) is 0 Å². The van der Waals surface area contributed by atoms with E-state index in [-0.39, 0.29) is 12.4 Å². The summed E-state index contributed by atoms with van der Waals surface area (Å²) < 4.78 is 0. The molecule has 0 saturated heterocycles. The monoisotopic (exact) mass is 112 g/mol. The first kappa shape index (κ1) is 9.21. The molecule has 0 amide bonds. The van der Waals surface area contributed by atoms with Crippen LogP contribution >= 0.6 is 21.0 Å². The van der Waals surface area contributed by atoms with Gasteiger partial charge in [0.15, 0.2) is 0 Å². The van der Waals surface area contributed by atoms with Gasteiger partial charge in [-0.1, -0.05) is 6.92 Å². The van der Waals surface area contributed by atoms with Crippen LogP contribution in [0.5, 0.6) is 0 Å². The lowest BCUT2D eigenvalue weighted by Gasteiger charge is -1.69. The third kappa shape index (κ3) is 11.8. The van der Waals surface area contributed by atoms with Crippen molar-refractivity contribution < 1.29 is 0 Å². The second kappa shape index (κ2) is 8.83. The summed E-state index contributed by atoms with van der Waals surface area (Å²) in [6.45, 7) is 4.40. The van der Waals surface area contributed by atoms with Crippen LogP contribution in [0.3, 0.4) is 0 Å². The highest BCUT2D eigenvalue weighted by Gasteiger charge is 1.55. The van der Waals surface area contributed by atoms with Crippen LogP contribution in [0.15, 0.2) is 0 Å². The minimum absolute atomic E-state index is 0. The van der Waals surface area contributed by atoms with Crippen molar-refractivity contribution in [3.8, 4) is 0 Å². The molecule has 0 rings (SSSR count). The van der Waals surface area contributed by atoms with Crippen molar-refractivity contribution in [1.82, 2.24) is 0 Å². The largest absolute Gasteiger partial charge is 0.147 e. The molecule has 0 heterocycles. The SMILES string of the molecule is CCPC.Cl. The summed E-state index contributed by atoms with van der Waals surface area (Å²) in [5.41, 5.74) is 0. The van der Waals surface area contributed by atoms with Gasteiger partial charge in [-0.15, -0.1) is 21.0 Å². The average Bonchev–Trinajstić information content (AvgIpc) is 1.37. The molecule has 34 valence electrons. The van der Waals surface area contributed by atoms with Crippen molar-refractivity contribution in [2.75, 3.05) is 12.8 Å². The fraction of sp³-hybridized carbons (Fsp3) is 1.00. The first-order valence-corrected chi connectivity index (χ1v) is 3.27. The molecule has 0 nitrogen and oxygen atoms in total. The van der Waals surface area contributed by atoms with Gasteiger partial charge in [-0.25, -0.2) is 0 Å². The van der Waals surface area contributed by atoms with Gasteiger partial charge in [0, 0.05) is 0 Å². The van der Waals surface area contributed by atoms with Crippen LogP contribution in [0.25, 0.3) is 0 Å². The molecule has 0 spiro atoms. The van der Waals surface area contributed by atoms with Crippen LogP contribution in [-0.2, 0) is 0 Å². The van der Waals surface area contributed by atoms with Crippen LogP contribution in [0.4, 0.5) is 0 Å². The molecule has 0 aliphatic heterocycles. The molecule has 5 heavy (non-hydrogen) atoms. The lowest BCUT2D eigenvalue weighted by Crippen LogP contribution is -1.47. The maximum absolute atomic E-state index is 2.21. The summed E-state index contributed by atoms with van der Waals surface area (Å²) >= 11 is 0. The molecular formula is C3H10ClP. The van der Waals surface area contributed by atoms with Crippen molar-refractivity contribution in [3.63, 3.8) is 0 Å². The number of rotatable bonds is 1. The van der Waals surface area contributed by atoms with E-state index in [9.17, 15) is 0 Å². The van der Waals surface area contributed by atoms with Gasteiger partial charge in [-0.05, 0) is 12.8 Å². The van der Waals surface area contributed by atoms with Crippen molar-refractivity contribution >= 4 is 21.0 Å². The highest BCUT2D eigenvalue weighted by atomic mass is 35.5. The van der Waals surface area contributed by atoms with E-state index in [4.69, 9.17) is 0 Å². The van der Waals surface area contributed by atoms with E-state index in [2.05, 4.69) is 13.6 Å². The smallest absolute Gasteiger partial charge is 0.0385 e. The predicted octanol–water partition coefficient (Wildman–Crippen LogP) is 1.74. The zero-order valence-corrected chi connectivity index (χ0v) is 5.43. The van der Waals surface area contributed by atoms with Crippen LogP contribution < -0.4 is 0 Å². The van der Waals surface area contributed by atoms with Crippen LogP contribution in [-0.4, -0.2) is 12.8 Å². The quantitative estimate of drug-likeness (QED) is 0.454. The summed E-state index contributed by atoms with van der Waals surface area (Å²) in [5.74, 6) is 0. The Morgan fingerprint density at radius 1 is 1.60 bits per heavy atom. The molecule has 0 aromatic heterocycles. The van der Waals surface area contributed by atoms with Crippen LogP contribution in [0.2, 0.25) is 0 Å². The molecule has 0 saturated carbocycles. The molecule has 0 aliphatic rings.